The van der Waals surface area contributed by atoms with Gasteiger partial charge in [0.1, 0.15) is 0 Å². The fourth-order valence-corrected chi connectivity index (χ4v) is 2.36. The Hall–Kier alpha value is -1.79. The summed E-state index contributed by atoms with van der Waals surface area (Å²) < 4.78 is 0. The van der Waals surface area contributed by atoms with Crippen molar-refractivity contribution in [3.63, 3.8) is 0 Å². The number of carboxylic acids is 1. The Morgan fingerprint density at radius 3 is 2.43 bits per heavy atom. The predicted octanol–water partition coefficient (Wildman–Crippen LogP) is 0.845. The molecule has 1 atom stereocenters. The van der Waals surface area contributed by atoms with Crippen molar-refractivity contribution in [2.24, 2.45) is 5.92 Å². The number of carboxylic acid groups (broad SMARTS) is 1. The van der Waals surface area contributed by atoms with E-state index in [0.29, 0.717) is 0 Å². The molecule has 4 N–H and O–H groups in total. The van der Waals surface area contributed by atoms with Crippen molar-refractivity contribution in [2.45, 2.75) is 51.5 Å². The Balaban J connectivity index is 2.11. The highest BCUT2D eigenvalue weighted by molar-refractivity contribution is 5.84. The number of hydrogen-bond acceptors (Lipinski definition) is 3. The number of hydrogen-bond donors (Lipinski definition) is 4. The molecule has 0 aromatic carbocycles. The van der Waals surface area contributed by atoms with Crippen molar-refractivity contribution in [1.82, 2.24) is 16.0 Å². The topological polar surface area (TPSA) is 108 Å². The van der Waals surface area contributed by atoms with Crippen LogP contribution in [0, 0.1) is 5.92 Å². The first-order chi connectivity index (χ1) is 9.97. The molecule has 120 valence electrons. The summed E-state index contributed by atoms with van der Waals surface area (Å²) in [4.78, 5) is 33.6. The minimum absolute atomic E-state index is 0.00980. The van der Waals surface area contributed by atoms with Crippen molar-refractivity contribution in [3.05, 3.63) is 0 Å². The van der Waals surface area contributed by atoms with E-state index in [1.54, 1.807) is 6.92 Å². The van der Waals surface area contributed by atoms with Crippen molar-refractivity contribution in [2.75, 3.05) is 13.1 Å². The first-order valence-electron chi connectivity index (χ1n) is 7.50. The molecular formula is C14H25N3O4. The second-order valence-corrected chi connectivity index (χ2v) is 5.67. The van der Waals surface area contributed by atoms with Gasteiger partial charge in [-0.2, -0.15) is 0 Å². The molecule has 0 spiro atoms. The van der Waals surface area contributed by atoms with Crippen LogP contribution in [0.3, 0.4) is 0 Å². The van der Waals surface area contributed by atoms with Crippen LogP contribution in [0.1, 0.15) is 45.4 Å². The van der Waals surface area contributed by atoms with Gasteiger partial charge < -0.3 is 21.1 Å². The molecule has 7 nitrogen and oxygen atoms in total. The van der Waals surface area contributed by atoms with Gasteiger partial charge in [-0.15, -0.1) is 0 Å². The van der Waals surface area contributed by atoms with Crippen molar-refractivity contribution >= 4 is 17.9 Å². The molecule has 1 fully saturated rings. The Morgan fingerprint density at radius 1 is 1.14 bits per heavy atom. The smallest absolute Gasteiger partial charge is 0.315 e. The normalized spacial score (nSPS) is 16.8. The zero-order valence-corrected chi connectivity index (χ0v) is 12.5. The summed E-state index contributed by atoms with van der Waals surface area (Å²) in [5.74, 6) is -1.34. The van der Waals surface area contributed by atoms with Crippen LogP contribution in [-0.4, -0.2) is 42.1 Å². The van der Waals surface area contributed by atoms with Crippen LogP contribution < -0.4 is 16.0 Å². The molecule has 1 aliphatic carbocycles. The van der Waals surface area contributed by atoms with E-state index in [2.05, 4.69) is 16.0 Å². The van der Waals surface area contributed by atoms with Gasteiger partial charge in [0.2, 0.25) is 5.91 Å². The number of amides is 3. The van der Waals surface area contributed by atoms with Crippen molar-refractivity contribution in [1.29, 1.82) is 0 Å². The zero-order valence-electron chi connectivity index (χ0n) is 12.5. The average Bonchev–Trinajstić information content (AvgIpc) is 2.43. The molecule has 3 amide bonds. The molecule has 0 radical (unpaired) electrons. The quantitative estimate of drug-likeness (QED) is 0.559. The molecule has 0 aromatic heterocycles. The number of nitrogens with one attached hydrogen (secondary N) is 3. The zero-order chi connectivity index (χ0) is 15.7. The fourth-order valence-electron chi connectivity index (χ4n) is 2.36. The highest BCUT2D eigenvalue weighted by atomic mass is 16.4. The summed E-state index contributed by atoms with van der Waals surface area (Å²) >= 11 is 0. The molecule has 21 heavy (non-hydrogen) atoms. The van der Waals surface area contributed by atoms with E-state index in [9.17, 15) is 14.4 Å². The van der Waals surface area contributed by atoms with Crippen LogP contribution in [0.4, 0.5) is 4.79 Å². The molecule has 1 unspecified atom stereocenters. The van der Waals surface area contributed by atoms with E-state index >= 15 is 0 Å². The van der Waals surface area contributed by atoms with Crippen LogP contribution >= 0.6 is 0 Å². The first kappa shape index (κ1) is 17.3. The van der Waals surface area contributed by atoms with Gasteiger partial charge in [-0.25, -0.2) is 4.79 Å². The number of urea groups is 1. The second-order valence-electron chi connectivity index (χ2n) is 5.67. The minimum Gasteiger partial charge on any atom is -0.481 e. The van der Waals surface area contributed by atoms with Gasteiger partial charge in [0.05, 0.1) is 6.54 Å². The van der Waals surface area contributed by atoms with Crippen LogP contribution in [0.2, 0.25) is 0 Å². The fraction of sp³-hybridized carbons (Fsp3) is 0.786. The summed E-state index contributed by atoms with van der Waals surface area (Å²) in [6.07, 6.45) is 5.48. The highest BCUT2D eigenvalue weighted by Gasteiger charge is 2.16. The lowest BCUT2D eigenvalue weighted by atomic mass is 9.96. The summed E-state index contributed by atoms with van der Waals surface area (Å²) in [6.45, 7) is 1.94. The Labute approximate surface area is 124 Å². The van der Waals surface area contributed by atoms with E-state index in [4.69, 9.17) is 5.11 Å². The van der Waals surface area contributed by atoms with Gasteiger partial charge in [-0.05, 0) is 18.8 Å². The average molecular weight is 299 g/mol. The first-order valence-corrected chi connectivity index (χ1v) is 7.50. The third kappa shape index (κ3) is 8.16. The number of carbonyl (C=O) groups is 3. The lowest BCUT2D eigenvalue weighted by molar-refractivity contribution is -0.138. The molecule has 0 heterocycles. The number of aliphatic carboxylic acids is 1. The van der Waals surface area contributed by atoms with Crippen LogP contribution in [-0.2, 0) is 9.59 Å². The molecule has 1 rings (SSSR count). The molecule has 1 saturated carbocycles. The SMILES string of the molecule is CC(CNC(=O)CNC(=O)NC1CCCCC1)CC(=O)O. The summed E-state index contributed by atoms with van der Waals surface area (Å²) in [5, 5.41) is 16.6. The predicted molar refractivity (Wildman–Crippen MR) is 77.8 cm³/mol. The number of rotatable bonds is 7. The lowest BCUT2D eigenvalue weighted by Gasteiger charge is -2.22. The van der Waals surface area contributed by atoms with E-state index < -0.39 is 5.97 Å². The highest BCUT2D eigenvalue weighted by Crippen LogP contribution is 2.16. The molecular weight excluding hydrogens is 274 g/mol. The monoisotopic (exact) mass is 299 g/mol. The molecule has 7 heteroatoms. The van der Waals surface area contributed by atoms with E-state index in [1.165, 1.54) is 6.42 Å². The van der Waals surface area contributed by atoms with Crippen molar-refractivity contribution in [3.8, 4) is 0 Å². The van der Waals surface area contributed by atoms with Crippen molar-refractivity contribution < 1.29 is 19.5 Å². The van der Waals surface area contributed by atoms with E-state index in [-0.39, 0.29) is 43.4 Å². The number of carbonyl (C=O) groups excluding carboxylic acids is 2. The van der Waals surface area contributed by atoms with Gasteiger partial charge in [0.25, 0.3) is 0 Å². The standard InChI is InChI=1S/C14H25N3O4/c1-10(7-13(19)20)8-15-12(18)9-16-14(21)17-11-5-3-2-4-6-11/h10-11H,2-9H2,1H3,(H,15,18)(H,19,20)(H2,16,17,21). The largest absolute Gasteiger partial charge is 0.481 e. The molecule has 0 bridgehead atoms. The summed E-state index contributed by atoms with van der Waals surface area (Å²) in [5.41, 5.74) is 0. The Bertz CT molecular complexity index is 367. The maximum atomic E-state index is 11.6. The van der Waals surface area contributed by atoms with Gasteiger partial charge >= 0.3 is 12.0 Å². The van der Waals surface area contributed by atoms with Gasteiger partial charge in [-0.1, -0.05) is 26.2 Å². The molecule has 0 aliphatic heterocycles. The van der Waals surface area contributed by atoms with Crippen LogP contribution in [0.25, 0.3) is 0 Å². The third-order valence-electron chi connectivity index (χ3n) is 3.52. The maximum Gasteiger partial charge on any atom is 0.315 e. The maximum absolute atomic E-state index is 11.6. The molecule has 0 aromatic rings. The summed E-state index contributed by atoms with van der Waals surface area (Å²) in [7, 11) is 0. The Kier molecular flexibility index (Phi) is 7.56. The van der Waals surface area contributed by atoms with Crippen LogP contribution in [0.5, 0.6) is 0 Å². The van der Waals surface area contributed by atoms with Gasteiger partial charge in [-0.3, -0.25) is 9.59 Å². The lowest BCUT2D eigenvalue weighted by Crippen LogP contribution is -2.46. The van der Waals surface area contributed by atoms with Crippen LogP contribution in [0.15, 0.2) is 0 Å². The summed E-state index contributed by atoms with van der Waals surface area (Å²) in [6, 6.07) is -0.118. The van der Waals surface area contributed by atoms with E-state index in [0.717, 1.165) is 25.7 Å². The third-order valence-corrected chi connectivity index (χ3v) is 3.52. The molecule has 1 aliphatic rings. The Morgan fingerprint density at radius 2 is 1.81 bits per heavy atom. The van der Waals surface area contributed by atoms with E-state index in [1.807, 2.05) is 0 Å². The second kappa shape index (κ2) is 9.20. The van der Waals surface area contributed by atoms with Gasteiger partial charge in [0.15, 0.2) is 0 Å². The van der Waals surface area contributed by atoms with Gasteiger partial charge in [0, 0.05) is 19.0 Å². The minimum atomic E-state index is -0.887. The molecule has 0 saturated heterocycles.